The van der Waals surface area contributed by atoms with E-state index in [1.807, 2.05) is 0 Å². The summed E-state index contributed by atoms with van der Waals surface area (Å²) < 4.78 is 0. The highest BCUT2D eigenvalue weighted by atomic mass is 14.5. The van der Waals surface area contributed by atoms with Crippen LogP contribution in [0.1, 0.15) is 105 Å². The van der Waals surface area contributed by atoms with E-state index >= 15 is 0 Å². The van der Waals surface area contributed by atoms with E-state index in [1.54, 1.807) is 11.1 Å². The van der Waals surface area contributed by atoms with Crippen LogP contribution in [0.25, 0.3) is 0 Å². The van der Waals surface area contributed by atoms with Crippen LogP contribution in [0.15, 0.2) is 35.5 Å². The van der Waals surface area contributed by atoms with Crippen molar-refractivity contribution in [2.75, 3.05) is 0 Å². The average molecular weight is 355 g/mol. The maximum absolute atomic E-state index is 2.62. The molecule has 0 aromatic carbocycles. The van der Waals surface area contributed by atoms with Crippen LogP contribution in [0, 0.1) is 22.7 Å². The lowest BCUT2D eigenvalue weighted by Gasteiger charge is -2.42. The topological polar surface area (TPSA) is 0 Å². The fourth-order valence-corrected chi connectivity index (χ4v) is 5.83. The molecule has 0 heterocycles. The highest BCUT2D eigenvalue weighted by Gasteiger charge is 2.48. The molecule has 146 valence electrons. The van der Waals surface area contributed by atoms with E-state index in [4.69, 9.17) is 0 Å². The van der Waals surface area contributed by atoms with E-state index in [1.165, 1.54) is 77.0 Å². The zero-order valence-corrected chi connectivity index (χ0v) is 17.9. The fraction of sp³-hybridized carbons (Fsp3) is 0.769. The van der Waals surface area contributed by atoms with Gasteiger partial charge in [-0.05, 0) is 93.3 Å². The predicted octanol–water partition coefficient (Wildman–Crippen LogP) is 8.40. The number of hydrogen-bond acceptors (Lipinski definition) is 0. The van der Waals surface area contributed by atoms with Crippen molar-refractivity contribution in [2.24, 2.45) is 22.7 Å². The minimum Gasteiger partial charge on any atom is -0.0882 e. The van der Waals surface area contributed by atoms with Crippen LogP contribution in [-0.4, -0.2) is 0 Å². The first-order valence-electron chi connectivity index (χ1n) is 11.4. The molecule has 0 aliphatic heterocycles. The van der Waals surface area contributed by atoms with Gasteiger partial charge in [-0.15, -0.1) is 0 Å². The second-order valence-electron chi connectivity index (χ2n) is 10.8. The Bertz CT molecular complexity index is 545. The van der Waals surface area contributed by atoms with Crippen LogP contribution in [0.2, 0.25) is 0 Å². The van der Waals surface area contributed by atoms with Crippen molar-refractivity contribution in [3.63, 3.8) is 0 Å². The molecule has 0 bridgehead atoms. The van der Waals surface area contributed by atoms with Crippen molar-refractivity contribution in [1.29, 1.82) is 0 Å². The van der Waals surface area contributed by atoms with E-state index in [2.05, 4.69) is 52.0 Å². The fourth-order valence-electron chi connectivity index (χ4n) is 5.83. The first-order chi connectivity index (χ1) is 12.4. The summed E-state index contributed by atoms with van der Waals surface area (Å²) in [5.74, 6) is 1.76. The van der Waals surface area contributed by atoms with Gasteiger partial charge in [0.15, 0.2) is 0 Å². The normalized spacial score (nSPS) is 34.5. The van der Waals surface area contributed by atoms with Crippen LogP contribution >= 0.6 is 0 Å². The summed E-state index contributed by atoms with van der Waals surface area (Å²) in [4.78, 5) is 0. The minimum absolute atomic E-state index is 0.423. The van der Waals surface area contributed by atoms with Gasteiger partial charge < -0.3 is 0 Å². The third-order valence-corrected chi connectivity index (χ3v) is 7.51. The standard InChI is InChI=1S/C26H42/c1-25(2,3)19-9-8-14-23-17-18-24-22(13-10-20-26(23,24)4)16-15-21-11-6-5-7-12-21/h8-9,15-16,23-24H,5-7,10-14,17-20H2,1-4H3/b9-8+,22-16+. The molecule has 0 heteroatoms. The molecule has 3 aliphatic rings. The molecule has 0 radical (unpaired) electrons. The summed E-state index contributed by atoms with van der Waals surface area (Å²) in [6.45, 7) is 9.63. The Morgan fingerprint density at radius 2 is 1.69 bits per heavy atom. The second-order valence-corrected chi connectivity index (χ2v) is 10.8. The molecule has 0 saturated heterocycles. The number of fused-ring (bicyclic) bond motifs is 1. The molecule has 0 aromatic rings. The molecule has 3 fully saturated rings. The van der Waals surface area contributed by atoms with Crippen molar-refractivity contribution >= 4 is 0 Å². The summed E-state index contributed by atoms with van der Waals surface area (Å²) in [5, 5.41) is 0. The molecule has 0 nitrogen and oxygen atoms in total. The third kappa shape index (κ3) is 4.93. The van der Waals surface area contributed by atoms with Crippen LogP contribution in [0.3, 0.4) is 0 Å². The average Bonchev–Trinajstić information content (AvgIpc) is 2.94. The molecular weight excluding hydrogens is 312 g/mol. The number of hydrogen-bond donors (Lipinski definition) is 0. The lowest BCUT2D eigenvalue weighted by atomic mass is 9.63. The summed E-state index contributed by atoms with van der Waals surface area (Å²) in [6, 6.07) is 0. The Balaban J connectivity index is 1.64. The van der Waals surface area contributed by atoms with Crippen LogP contribution < -0.4 is 0 Å². The summed E-state index contributed by atoms with van der Waals surface area (Å²) in [5.41, 5.74) is 4.49. The van der Waals surface area contributed by atoms with Gasteiger partial charge in [-0.2, -0.15) is 0 Å². The van der Waals surface area contributed by atoms with Gasteiger partial charge in [0.1, 0.15) is 0 Å². The maximum Gasteiger partial charge on any atom is -0.0143 e. The zero-order chi connectivity index (χ0) is 18.6. The van der Waals surface area contributed by atoms with E-state index in [9.17, 15) is 0 Å². The molecule has 3 aliphatic carbocycles. The Morgan fingerprint density at radius 1 is 0.923 bits per heavy atom. The van der Waals surface area contributed by atoms with E-state index in [0.717, 1.165) is 11.8 Å². The predicted molar refractivity (Wildman–Crippen MR) is 115 cm³/mol. The molecule has 3 saturated carbocycles. The van der Waals surface area contributed by atoms with Crippen molar-refractivity contribution < 1.29 is 0 Å². The molecule has 26 heavy (non-hydrogen) atoms. The van der Waals surface area contributed by atoms with Gasteiger partial charge in [0, 0.05) is 0 Å². The lowest BCUT2D eigenvalue weighted by Crippen LogP contribution is -2.33. The van der Waals surface area contributed by atoms with Crippen molar-refractivity contribution in [3.8, 4) is 0 Å². The number of allylic oxidation sites excluding steroid dienone is 6. The Labute approximate surface area is 163 Å². The molecule has 3 unspecified atom stereocenters. The minimum atomic E-state index is 0.423. The molecule has 0 amide bonds. The van der Waals surface area contributed by atoms with Gasteiger partial charge in [-0.3, -0.25) is 0 Å². The largest absolute Gasteiger partial charge is 0.0882 e. The van der Waals surface area contributed by atoms with E-state index in [0.29, 0.717) is 10.8 Å². The molecule has 0 aromatic heterocycles. The smallest absolute Gasteiger partial charge is 0.0143 e. The highest BCUT2D eigenvalue weighted by Crippen LogP contribution is 2.58. The third-order valence-electron chi connectivity index (χ3n) is 7.51. The van der Waals surface area contributed by atoms with E-state index in [-0.39, 0.29) is 0 Å². The first-order valence-corrected chi connectivity index (χ1v) is 11.4. The zero-order valence-electron chi connectivity index (χ0n) is 17.9. The van der Waals surface area contributed by atoms with Gasteiger partial charge in [0.05, 0.1) is 0 Å². The quantitative estimate of drug-likeness (QED) is 0.444. The summed E-state index contributed by atoms with van der Waals surface area (Å²) in [7, 11) is 0. The monoisotopic (exact) mass is 354 g/mol. The van der Waals surface area contributed by atoms with Crippen molar-refractivity contribution in [3.05, 3.63) is 35.5 Å². The molecule has 3 atom stereocenters. The molecular formula is C26H42. The van der Waals surface area contributed by atoms with Crippen LogP contribution in [0.5, 0.6) is 0 Å². The second kappa shape index (κ2) is 8.49. The lowest BCUT2D eigenvalue weighted by molar-refractivity contribution is 0.137. The SMILES string of the molecule is CC(C)(C)C/C=C/CC1CCC2/C(=C/C=C3CCCCC3)CCCC12C. The van der Waals surface area contributed by atoms with Gasteiger partial charge in [-0.1, -0.05) is 69.6 Å². The molecule has 0 N–H and O–H groups in total. The highest BCUT2D eigenvalue weighted by molar-refractivity contribution is 5.25. The number of rotatable bonds is 4. The Kier molecular flexibility index (Phi) is 6.52. The molecule has 0 spiro atoms. The Hall–Kier alpha value is -0.780. The van der Waals surface area contributed by atoms with Crippen molar-refractivity contribution in [1.82, 2.24) is 0 Å². The maximum atomic E-state index is 2.62. The summed E-state index contributed by atoms with van der Waals surface area (Å²) >= 11 is 0. The van der Waals surface area contributed by atoms with Gasteiger partial charge in [0.25, 0.3) is 0 Å². The Morgan fingerprint density at radius 3 is 2.42 bits per heavy atom. The van der Waals surface area contributed by atoms with Crippen LogP contribution in [0.4, 0.5) is 0 Å². The van der Waals surface area contributed by atoms with Gasteiger partial charge >= 0.3 is 0 Å². The van der Waals surface area contributed by atoms with Crippen molar-refractivity contribution in [2.45, 2.75) is 105 Å². The molecule has 3 rings (SSSR count). The first kappa shape index (κ1) is 20.0. The van der Waals surface area contributed by atoms with E-state index < -0.39 is 0 Å². The summed E-state index contributed by atoms with van der Waals surface area (Å²) in [6.07, 6.45) is 26.6. The van der Waals surface area contributed by atoms with Gasteiger partial charge in [-0.25, -0.2) is 0 Å². The van der Waals surface area contributed by atoms with Crippen LogP contribution in [-0.2, 0) is 0 Å². The van der Waals surface area contributed by atoms with Gasteiger partial charge in [0.2, 0.25) is 0 Å².